The quantitative estimate of drug-likeness (QED) is 0.367. The van der Waals surface area contributed by atoms with E-state index in [9.17, 15) is 9.59 Å². The second kappa shape index (κ2) is 10.6. The van der Waals surface area contributed by atoms with Crippen molar-refractivity contribution in [2.75, 3.05) is 18.4 Å². The lowest BCUT2D eigenvalue weighted by molar-refractivity contribution is 0.0706. The average Bonchev–Trinajstić information content (AvgIpc) is 2.81. The van der Waals surface area contributed by atoms with Crippen molar-refractivity contribution in [2.45, 2.75) is 27.0 Å². The molecule has 3 rings (SSSR count). The van der Waals surface area contributed by atoms with Gasteiger partial charge in [-0.3, -0.25) is 20.2 Å². The molecule has 0 saturated carbocycles. The fraction of sp³-hybridized carbons (Fsp3) is 0.250. The summed E-state index contributed by atoms with van der Waals surface area (Å²) in [6.45, 7) is 7.30. The Hall–Kier alpha value is -3.42. The monoisotopic (exact) mass is 421 g/mol. The topological polar surface area (TPSA) is 90.9 Å². The molecule has 3 aromatic rings. The number of anilines is 1. The first-order valence-electron chi connectivity index (χ1n) is 10.3. The lowest BCUT2D eigenvalue weighted by atomic mass is 9.99. The number of nitrogens with zero attached hydrogens (tertiary/aromatic N) is 1. The lowest BCUT2D eigenvalue weighted by Gasteiger charge is -2.20. The van der Waals surface area contributed by atoms with E-state index in [-0.39, 0.29) is 12.2 Å². The molecule has 7 nitrogen and oxygen atoms in total. The number of benzene rings is 3. The van der Waals surface area contributed by atoms with E-state index in [4.69, 9.17) is 9.94 Å². The zero-order chi connectivity index (χ0) is 22.2. The van der Waals surface area contributed by atoms with Crippen LogP contribution in [0.4, 0.5) is 10.5 Å². The standard InChI is InChI=1S/C24H27N3O4/c1-3-27(4-2)15-18-9-10-19(22-8-6-5-7-21(18)22)16-31-24(29)25-20-13-11-17(12-14-20)23(28)26-30/h5-14,30H,3-4,15-16H2,1-2H3,(H,25,29)(H,26,28). The van der Waals surface area contributed by atoms with Crippen molar-refractivity contribution in [1.82, 2.24) is 10.4 Å². The summed E-state index contributed by atoms with van der Waals surface area (Å²) in [6.07, 6.45) is -0.587. The molecule has 0 fully saturated rings. The number of fused-ring (bicyclic) bond motifs is 1. The van der Waals surface area contributed by atoms with Crippen molar-refractivity contribution >= 4 is 28.5 Å². The molecule has 3 aromatic carbocycles. The maximum atomic E-state index is 12.2. The molecule has 0 aliphatic heterocycles. The van der Waals surface area contributed by atoms with Crippen LogP contribution in [0.5, 0.6) is 0 Å². The molecule has 7 heteroatoms. The number of amides is 2. The molecule has 0 bridgehead atoms. The van der Waals surface area contributed by atoms with Crippen LogP contribution < -0.4 is 10.8 Å². The van der Waals surface area contributed by atoms with Crippen LogP contribution in [-0.4, -0.2) is 35.2 Å². The Morgan fingerprint density at radius 3 is 2.13 bits per heavy atom. The first-order valence-corrected chi connectivity index (χ1v) is 10.3. The van der Waals surface area contributed by atoms with Crippen molar-refractivity contribution < 1.29 is 19.5 Å². The van der Waals surface area contributed by atoms with Crippen molar-refractivity contribution in [3.8, 4) is 0 Å². The van der Waals surface area contributed by atoms with Crippen LogP contribution in [-0.2, 0) is 17.9 Å². The Bertz CT molecular complexity index is 1050. The van der Waals surface area contributed by atoms with Crippen LogP contribution in [0.1, 0.15) is 35.3 Å². The van der Waals surface area contributed by atoms with Gasteiger partial charge in [0, 0.05) is 17.8 Å². The third-order valence-electron chi connectivity index (χ3n) is 5.25. The summed E-state index contributed by atoms with van der Waals surface area (Å²) in [6, 6.07) is 18.4. The number of carbonyl (C=O) groups is 2. The highest BCUT2D eigenvalue weighted by atomic mass is 16.5. The van der Waals surface area contributed by atoms with E-state index in [2.05, 4.69) is 36.2 Å². The van der Waals surface area contributed by atoms with Crippen LogP contribution in [0.3, 0.4) is 0 Å². The van der Waals surface area contributed by atoms with Gasteiger partial charge in [0.25, 0.3) is 5.91 Å². The molecule has 0 spiro atoms. The predicted octanol–water partition coefficient (Wildman–Crippen LogP) is 4.55. The van der Waals surface area contributed by atoms with Crippen molar-refractivity contribution in [3.05, 3.63) is 77.4 Å². The van der Waals surface area contributed by atoms with Gasteiger partial charge in [-0.25, -0.2) is 10.3 Å². The molecule has 31 heavy (non-hydrogen) atoms. The maximum Gasteiger partial charge on any atom is 0.411 e. The van der Waals surface area contributed by atoms with Crippen LogP contribution in [0, 0.1) is 0 Å². The summed E-state index contributed by atoms with van der Waals surface area (Å²) in [5.74, 6) is -0.620. The number of carbonyl (C=O) groups excluding carboxylic acids is 2. The number of nitrogens with one attached hydrogen (secondary N) is 2. The van der Waals surface area contributed by atoms with Crippen LogP contribution in [0.2, 0.25) is 0 Å². The molecule has 0 unspecified atom stereocenters. The minimum atomic E-state index is -0.620. The van der Waals surface area contributed by atoms with Crippen LogP contribution in [0.25, 0.3) is 10.8 Å². The van der Waals surface area contributed by atoms with E-state index in [1.165, 1.54) is 17.7 Å². The molecule has 2 amide bonds. The van der Waals surface area contributed by atoms with Crippen molar-refractivity contribution in [1.29, 1.82) is 0 Å². The van der Waals surface area contributed by atoms with Crippen molar-refractivity contribution in [3.63, 3.8) is 0 Å². The van der Waals surface area contributed by atoms with Gasteiger partial charge in [-0.1, -0.05) is 50.2 Å². The minimum absolute atomic E-state index is 0.142. The summed E-state index contributed by atoms with van der Waals surface area (Å²) in [5, 5.41) is 13.5. The summed E-state index contributed by atoms with van der Waals surface area (Å²) in [5.41, 5.74) is 4.51. The van der Waals surface area contributed by atoms with Crippen LogP contribution >= 0.6 is 0 Å². The zero-order valence-electron chi connectivity index (χ0n) is 17.7. The molecule has 0 aromatic heterocycles. The van der Waals surface area contributed by atoms with Gasteiger partial charge in [-0.2, -0.15) is 0 Å². The maximum absolute atomic E-state index is 12.2. The van der Waals surface area contributed by atoms with E-state index in [1.54, 1.807) is 17.6 Å². The smallest absolute Gasteiger partial charge is 0.411 e. The molecule has 0 radical (unpaired) electrons. The first-order chi connectivity index (χ1) is 15.0. The van der Waals surface area contributed by atoms with Gasteiger partial charge in [0.05, 0.1) is 0 Å². The molecule has 0 atom stereocenters. The zero-order valence-corrected chi connectivity index (χ0v) is 17.7. The fourth-order valence-corrected chi connectivity index (χ4v) is 3.44. The molecular formula is C24H27N3O4. The molecular weight excluding hydrogens is 394 g/mol. The third-order valence-corrected chi connectivity index (χ3v) is 5.25. The average molecular weight is 421 g/mol. The summed E-state index contributed by atoms with van der Waals surface area (Å²) >= 11 is 0. The Morgan fingerprint density at radius 2 is 1.52 bits per heavy atom. The number of hydrogen-bond acceptors (Lipinski definition) is 5. The number of rotatable bonds is 8. The Labute approximate surface area is 181 Å². The highest BCUT2D eigenvalue weighted by molar-refractivity contribution is 5.94. The molecule has 0 aliphatic rings. The van der Waals surface area contributed by atoms with Gasteiger partial charge in [0.2, 0.25) is 0 Å². The largest absolute Gasteiger partial charge is 0.444 e. The SMILES string of the molecule is CCN(CC)Cc1ccc(COC(=O)Nc2ccc(C(=O)NO)cc2)c2ccccc12. The van der Waals surface area contributed by atoms with E-state index < -0.39 is 12.0 Å². The van der Waals surface area contributed by atoms with Crippen LogP contribution in [0.15, 0.2) is 60.7 Å². The fourth-order valence-electron chi connectivity index (χ4n) is 3.44. The van der Waals surface area contributed by atoms with Gasteiger partial charge in [0.1, 0.15) is 6.61 Å². The van der Waals surface area contributed by atoms with E-state index in [1.807, 2.05) is 24.3 Å². The van der Waals surface area contributed by atoms with E-state index >= 15 is 0 Å². The molecule has 0 heterocycles. The van der Waals surface area contributed by atoms with E-state index in [0.29, 0.717) is 5.69 Å². The summed E-state index contributed by atoms with van der Waals surface area (Å²) in [4.78, 5) is 25.9. The van der Waals surface area contributed by atoms with Gasteiger partial charge >= 0.3 is 6.09 Å². The van der Waals surface area contributed by atoms with Gasteiger partial charge in [-0.05, 0) is 59.3 Å². The minimum Gasteiger partial charge on any atom is -0.444 e. The number of hydrogen-bond donors (Lipinski definition) is 3. The summed E-state index contributed by atoms with van der Waals surface area (Å²) in [7, 11) is 0. The van der Waals surface area contributed by atoms with Crippen molar-refractivity contribution in [2.24, 2.45) is 0 Å². The molecule has 0 aliphatic carbocycles. The first kappa shape index (κ1) is 22.3. The van der Waals surface area contributed by atoms with Gasteiger partial charge in [-0.15, -0.1) is 0 Å². The molecule has 0 saturated heterocycles. The number of ether oxygens (including phenoxy) is 1. The molecule has 3 N–H and O–H groups in total. The number of hydroxylamine groups is 1. The lowest BCUT2D eigenvalue weighted by Crippen LogP contribution is -2.22. The highest BCUT2D eigenvalue weighted by Crippen LogP contribution is 2.25. The normalized spacial score (nSPS) is 10.8. The second-order valence-corrected chi connectivity index (χ2v) is 7.11. The Kier molecular flexibility index (Phi) is 7.59. The Morgan fingerprint density at radius 1 is 0.903 bits per heavy atom. The predicted molar refractivity (Wildman–Crippen MR) is 120 cm³/mol. The van der Waals surface area contributed by atoms with Gasteiger partial charge in [0.15, 0.2) is 0 Å². The second-order valence-electron chi connectivity index (χ2n) is 7.11. The van der Waals surface area contributed by atoms with E-state index in [0.717, 1.165) is 36.0 Å². The highest BCUT2D eigenvalue weighted by Gasteiger charge is 2.11. The summed E-state index contributed by atoms with van der Waals surface area (Å²) < 4.78 is 5.42. The van der Waals surface area contributed by atoms with Gasteiger partial charge < -0.3 is 4.74 Å². The molecule has 162 valence electrons. The third kappa shape index (κ3) is 5.59. The Balaban J connectivity index is 1.68.